The summed E-state index contributed by atoms with van der Waals surface area (Å²) < 4.78 is 9.69. The lowest BCUT2D eigenvalue weighted by Crippen LogP contribution is -2.18. The first-order valence-corrected chi connectivity index (χ1v) is 6.70. The van der Waals surface area contributed by atoms with E-state index in [0.717, 1.165) is 12.8 Å². The summed E-state index contributed by atoms with van der Waals surface area (Å²) in [5.41, 5.74) is 1.26. The van der Waals surface area contributed by atoms with E-state index in [4.69, 9.17) is 9.47 Å². The van der Waals surface area contributed by atoms with Crippen LogP contribution in [-0.4, -0.2) is 25.2 Å². The van der Waals surface area contributed by atoms with Crippen molar-refractivity contribution in [2.24, 2.45) is 0 Å². The molecule has 0 spiro atoms. The number of hydrogen-bond acceptors (Lipinski definition) is 4. The van der Waals surface area contributed by atoms with Crippen molar-refractivity contribution in [3.05, 3.63) is 23.3 Å². The van der Waals surface area contributed by atoms with E-state index in [2.05, 4.69) is 6.08 Å². The zero-order valence-electron chi connectivity index (χ0n) is 12.3. The van der Waals surface area contributed by atoms with E-state index in [-0.39, 0.29) is 18.8 Å². The molecule has 0 aliphatic heterocycles. The normalized spacial score (nSPS) is 9.47. The Hall–Kier alpha value is -1.58. The third-order valence-electron chi connectivity index (χ3n) is 2.30. The van der Waals surface area contributed by atoms with Crippen molar-refractivity contribution >= 4 is 11.9 Å². The minimum absolute atomic E-state index is 0.000833. The molecule has 0 bridgehead atoms. The molecule has 4 heteroatoms. The summed E-state index contributed by atoms with van der Waals surface area (Å²) in [4.78, 5) is 23.3. The van der Waals surface area contributed by atoms with Gasteiger partial charge in [0.2, 0.25) is 0 Å². The summed E-state index contributed by atoms with van der Waals surface area (Å²) in [7, 11) is 0. The second-order valence-electron chi connectivity index (χ2n) is 4.27. The van der Waals surface area contributed by atoms with Crippen molar-refractivity contribution in [2.75, 3.05) is 13.2 Å². The maximum Gasteiger partial charge on any atom is 0.345 e. The quantitative estimate of drug-likeness (QED) is 0.169. The second kappa shape index (κ2) is 10.4. The Morgan fingerprint density at radius 3 is 1.79 bits per heavy atom. The Kier molecular flexibility index (Phi) is 9.49. The third-order valence-corrected chi connectivity index (χ3v) is 2.30. The number of allylic oxidation sites excluding steroid dienone is 3. The van der Waals surface area contributed by atoms with Crippen molar-refractivity contribution in [1.29, 1.82) is 0 Å². The summed E-state index contributed by atoms with van der Waals surface area (Å²) in [6.45, 7) is 7.97. The van der Waals surface area contributed by atoms with Crippen molar-refractivity contribution < 1.29 is 19.1 Å². The minimum Gasteiger partial charge on any atom is -0.462 e. The van der Waals surface area contributed by atoms with Crippen LogP contribution < -0.4 is 0 Å². The highest BCUT2D eigenvalue weighted by molar-refractivity contribution is 6.14. The molecule has 0 rings (SSSR count). The molecule has 0 radical (unpaired) electrons. The predicted octanol–water partition coefficient (Wildman–Crippen LogP) is 3.18. The average Bonchev–Trinajstić information content (AvgIpc) is 2.33. The van der Waals surface area contributed by atoms with Gasteiger partial charge in [0.1, 0.15) is 5.57 Å². The zero-order chi connectivity index (χ0) is 14.7. The molecule has 0 aliphatic carbocycles. The van der Waals surface area contributed by atoms with E-state index in [1.54, 1.807) is 19.9 Å². The molecule has 0 atom stereocenters. The maximum atomic E-state index is 11.6. The van der Waals surface area contributed by atoms with Gasteiger partial charge in [0.25, 0.3) is 0 Å². The molecular weight excluding hydrogens is 244 g/mol. The highest BCUT2D eigenvalue weighted by Crippen LogP contribution is 2.08. The summed E-state index contributed by atoms with van der Waals surface area (Å²) in [5, 5.41) is 0. The first-order valence-electron chi connectivity index (χ1n) is 6.70. The molecule has 0 heterocycles. The van der Waals surface area contributed by atoms with Crippen LogP contribution in [-0.2, 0) is 19.1 Å². The van der Waals surface area contributed by atoms with Gasteiger partial charge in [-0.25, -0.2) is 9.59 Å². The van der Waals surface area contributed by atoms with Crippen LogP contribution in [0.4, 0.5) is 0 Å². The number of esters is 2. The van der Waals surface area contributed by atoms with E-state index in [1.807, 2.05) is 13.8 Å². The Bertz CT molecular complexity index is 329. The highest BCUT2D eigenvalue weighted by atomic mass is 16.6. The van der Waals surface area contributed by atoms with Crippen molar-refractivity contribution in [1.82, 2.24) is 0 Å². The molecule has 0 N–H and O–H groups in total. The monoisotopic (exact) mass is 268 g/mol. The molecule has 0 aliphatic rings. The van der Waals surface area contributed by atoms with Crippen LogP contribution in [0.5, 0.6) is 0 Å². The third kappa shape index (κ3) is 8.19. The molecule has 0 saturated carbocycles. The largest absolute Gasteiger partial charge is 0.462 e. The molecule has 0 unspecified atom stereocenters. The van der Waals surface area contributed by atoms with Crippen LogP contribution in [0.3, 0.4) is 0 Å². The van der Waals surface area contributed by atoms with E-state index >= 15 is 0 Å². The van der Waals surface area contributed by atoms with E-state index in [1.165, 1.54) is 5.57 Å². The Labute approximate surface area is 115 Å². The average molecular weight is 268 g/mol. The van der Waals surface area contributed by atoms with Gasteiger partial charge in [-0.15, -0.1) is 0 Å². The van der Waals surface area contributed by atoms with E-state index in [0.29, 0.717) is 6.42 Å². The van der Waals surface area contributed by atoms with Gasteiger partial charge in [0.05, 0.1) is 13.2 Å². The second-order valence-corrected chi connectivity index (χ2v) is 4.27. The molecule has 0 aromatic heterocycles. The number of carbonyl (C=O) groups is 2. The number of unbranched alkanes of at least 4 members (excludes halogenated alkanes) is 2. The molecule has 0 fully saturated rings. The number of hydrogen-bond donors (Lipinski definition) is 0. The molecule has 0 aromatic rings. The van der Waals surface area contributed by atoms with Crippen LogP contribution in [0.25, 0.3) is 0 Å². The van der Waals surface area contributed by atoms with Gasteiger partial charge in [-0.05, 0) is 47.0 Å². The van der Waals surface area contributed by atoms with Gasteiger partial charge in [0.15, 0.2) is 0 Å². The molecule has 108 valence electrons. The summed E-state index contributed by atoms with van der Waals surface area (Å²) >= 11 is 0. The number of ether oxygens (including phenoxy) is 2. The Morgan fingerprint density at radius 2 is 1.37 bits per heavy atom. The van der Waals surface area contributed by atoms with Crippen molar-refractivity contribution in [2.45, 2.75) is 47.0 Å². The molecule has 0 aromatic carbocycles. The van der Waals surface area contributed by atoms with Crippen LogP contribution in [0, 0.1) is 0 Å². The lowest BCUT2D eigenvalue weighted by Gasteiger charge is -2.06. The smallest absolute Gasteiger partial charge is 0.345 e. The van der Waals surface area contributed by atoms with Gasteiger partial charge in [-0.2, -0.15) is 0 Å². The van der Waals surface area contributed by atoms with Gasteiger partial charge in [-0.1, -0.05) is 17.7 Å². The predicted molar refractivity (Wildman–Crippen MR) is 74.6 cm³/mol. The minimum atomic E-state index is -0.608. The Balaban J connectivity index is 4.51. The summed E-state index contributed by atoms with van der Waals surface area (Å²) in [6, 6.07) is 0. The molecular formula is C15H24O4. The van der Waals surface area contributed by atoms with Crippen LogP contribution in [0.15, 0.2) is 23.3 Å². The lowest BCUT2D eigenvalue weighted by atomic mass is 10.1. The number of rotatable bonds is 8. The van der Waals surface area contributed by atoms with Gasteiger partial charge < -0.3 is 9.47 Å². The maximum absolute atomic E-state index is 11.6. The van der Waals surface area contributed by atoms with Crippen LogP contribution in [0.2, 0.25) is 0 Å². The first-order chi connectivity index (χ1) is 9.02. The van der Waals surface area contributed by atoms with Crippen LogP contribution >= 0.6 is 0 Å². The standard InChI is InChI=1S/C15H24O4/c1-5-18-14(16)13(15(17)19-6-2)11-9-7-8-10-12(3)4/h10-11H,5-9H2,1-4H3. The molecule has 0 amide bonds. The van der Waals surface area contributed by atoms with E-state index < -0.39 is 11.9 Å². The Morgan fingerprint density at radius 1 is 0.895 bits per heavy atom. The fourth-order valence-electron chi connectivity index (χ4n) is 1.42. The summed E-state index contributed by atoms with van der Waals surface area (Å²) in [6.07, 6.45) is 6.19. The topological polar surface area (TPSA) is 52.6 Å². The fourth-order valence-corrected chi connectivity index (χ4v) is 1.42. The first kappa shape index (κ1) is 17.4. The lowest BCUT2D eigenvalue weighted by molar-refractivity contribution is -0.146. The van der Waals surface area contributed by atoms with Gasteiger partial charge >= 0.3 is 11.9 Å². The molecule has 4 nitrogen and oxygen atoms in total. The zero-order valence-corrected chi connectivity index (χ0v) is 12.3. The highest BCUT2D eigenvalue weighted by Gasteiger charge is 2.20. The van der Waals surface area contributed by atoms with Gasteiger partial charge in [0, 0.05) is 0 Å². The number of carbonyl (C=O) groups excluding carboxylic acids is 2. The fraction of sp³-hybridized carbons (Fsp3) is 0.600. The SMILES string of the molecule is CCOC(=O)C(=CCCCC=C(C)C)C(=O)OCC. The van der Waals surface area contributed by atoms with E-state index in [9.17, 15) is 9.59 Å². The summed E-state index contributed by atoms with van der Waals surface area (Å²) in [5.74, 6) is -1.22. The van der Waals surface area contributed by atoms with Gasteiger partial charge in [-0.3, -0.25) is 0 Å². The van der Waals surface area contributed by atoms with Crippen molar-refractivity contribution in [3.8, 4) is 0 Å². The molecule has 19 heavy (non-hydrogen) atoms. The van der Waals surface area contributed by atoms with Crippen LogP contribution in [0.1, 0.15) is 47.0 Å². The molecule has 0 saturated heterocycles. The van der Waals surface area contributed by atoms with Crippen molar-refractivity contribution in [3.63, 3.8) is 0 Å².